The van der Waals surface area contributed by atoms with E-state index in [4.69, 9.17) is 5.73 Å². The van der Waals surface area contributed by atoms with Crippen LogP contribution in [0, 0.1) is 19.8 Å². The Labute approximate surface area is 172 Å². The maximum absolute atomic E-state index is 12.9. The fraction of sp³-hybridized carbons (Fsp3) is 0.722. The molecule has 1 aromatic rings. The van der Waals surface area contributed by atoms with Gasteiger partial charge in [-0.15, -0.1) is 23.7 Å². The van der Waals surface area contributed by atoms with Crippen molar-refractivity contribution in [1.82, 2.24) is 9.21 Å². The van der Waals surface area contributed by atoms with E-state index in [2.05, 4.69) is 0 Å². The molecule has 2 atom stereocenters. The average molecular weight is 436 g/mol. The zero-order valence-electron chi connectivity index (χ0n) is 16.2. The summed E-state index contributed by atoms with van der Waals surface area (Å²) in [5.74, 6) is -0.0597. The summed E-state index contributed by atoms with van der Waals surface area (Å²) in [5.41, 5.74) is 5.91. The SMILES string of the molecule is Cc1cc(S(=O)(=O)N2CCN(C(=O)C3CCCCC3(C)N)CC2)c(C)s1.Cl. The first-order chi connectivity index (χ1) is 12.1. The highest BCUT2D eigenvalue weighted by atomic mass is 35.5. The van der Waals surface area contributed by atoms with Crippen molar-refractivity contribution < 1.29 is 13.2 Å². The molecule has 1 aliphatic carbocycles. The first kappa shape index (κ1) is 22.6. The van der Waals surface area contributed by atoms with Gasteiger partial charge in [0.2, 0.25) is 15.9 Å². The predicted molar refractivity (Wildman–Crippen MR) is 111 cm³/mol. The number of hydrogen-bond acceptors (Lipinski definition) is 5. The highest BCUT2D eigenvalue weighted by Crippen LogP contribution is 2.33. The lowest BCUT2D eigenvalue weighted by Gasteiger charge is -2.42. The van der Waals surface area contributed by atoms with Crippen LogP contribution in [0.5, 0.6) is 0 Å². The third-order valence-corrected chi connectivity index (χ3v) is 8.84. The molecule has 1 aromatic heterocycles. The number of piperazine rings is 1. The second-order valence-electron chi connectivity index (χ2n) is 7.81. The van der Waals surface area contributed by atoms with Gasteiger partial charge in [0, 0.05) is 41.5 Å². The third kappa shape index (κ3) is 4.50. The fourth-order valence-electron chi connectivity index (χ4n) is 4.14. The Morgan fingerprint density at radius 1 is 1.22 bits per heavy atom. The van der Waals surface area contributed by atoms with Gasteiger partial charge in [-0.05, 0) is 39.7 Å². The minimum absolute atomic E-state index is 0. The number of carbonyl (C=O) groups excluding carboxylic acids is 1. The van der Waals surface area contributed by atoms with Crippen LogP contribution in [0.3, 0.4) is 0 Å². The summed E-state index contributed by atoms with van der Waals surface area (Å²) in [6.07, 6.45) is 3.81. The Morgan fingerprint density at radius 2 is 1.85 bits per heavy atom. The Balaban J connectivity index is 0.00000261. The molecule has 0 aromatic carbocycles. The van der Waals surface area contributed by atoms with Crippen molar-refractivity contribution in [3.8, 4) is 0 Å². The molecule has 0 bridgehead atoms. The highest BCUT2D eigenvalue weighted by molar-refractivity contribution is 7.89. The van der Waals surface area contributed by atoms with Gasteiger partial charge < -0.3 is 10.6 Å². The zero-order chi connectivity index (χ0) is 19.1. The number of halogens is 1. The summed E-state index contributed by atoms with van der Waals surface area (Å²) >= 11 is 1.50. The molecular weight excluding hydrogens is 406 g/mol. The van der Waals surface area contributed by atoms with Crippen LogP contribution < -0.4 is 5.73 Å². The molecular formula is C18H30ClN3O3S2. The quantitative estimate of drug-likeness (QED) is 0.790. The van der Waals surface area contributed by atoms with E-state index in [1.807, 2.05) is 20.8 Å². The first-order valence-corrected chi connectivity index (χ1v) is 11.5. The van der Waals surface area contributed by atoms with Crippen LogP contribution in [0.4, 0.5) is 0 Å². The maximum atomic E-state index is 12.9. The molecule has 1 amide bonds. The standard InChI is InChI=1S/C18H29N3O3S2.ClH/c1-13-12-16(14(2)25-13)26(23,24)21-10-8-20(9-11-21)17(22)15-6-4-5-7-18(15,3)19;/h12,15H,4-11,19H2,1-3H3;1H. The van der Waals surface area contributed by atoms with Gasteiger partial charge in [-0.3, -0.25) is 4.79 Å². The van der Waals surface area contributed by atoms with Crippen LogP contribution in [-0.4, -0.2) is 55.2 Å². The van der Waals surface area contributed by atoms with Crippen molar-refractivity contribution in [3.63, 3.8) is 0 Å². The maximum Gasteiger partial charge on any atom is 0.244 e. The summed E-state index contributed by atoms with van der Waals surface area (Å²) in [6, 6.07) is 1.74. The van der Waals surface area contributed by atoms with Gasteiger partial charge in [-0.2, -0.15) is 4.31 Å². The molecule has 2 unspecified atom stereocenters. The van der Waals surface area contributed by atoms with Crippen molar-refractivity contribution in [2.75, 3.05) is 26.2 Å². The van der Waals surface area contributed by atoms with Crippen LogP contribution in [0.25, 0.3) is 0 Å². The Hall–Kier alpha value is -0.670. The molecule has 27 heavy (non-hydrogen) atoms. The number of hydrogen-bond donors (Lipinski definition) is 1. The molecule has 1 saturated carbocycles. The van der Waals surface area contributed by atoms with Gasteiger partial charge in [-0.25, -0.2) is 8.42 Å². The second kappa shape index (κ2) is 8.37. The molecule has 2 N–H and O–H groups in total. The van der Waals surface area contributed by atoms with Crippen molar-refractivity contribution in [2.45, 2.75) is 56.9 Å². The van der Waals surface area contributed by atoms with Gasteiger partial charge in [0.15, 0.2) is 0 Å². The largest absolute Gasteiger partial charge is 0.340 e. The molecule has 1 saturated heterocycles. The number of sulfonamides is 1. The third-order valence-electron chi connectivity index (χ3n) is 5.72. The minimum Gasteiger partial charge on any atom is -0.340 e. The number of amides is 1. The van der Waals surface area contributed by atoms with Crippen LogP contribution >= 0.6 is 23.7 Å². The second-order valence-corrected chi connectivity index (χ2v) is 11.2. The van der Waals surface area contributed by atoms with E-state index in [1.165, 1.54) is 15.6 Å². The van der Waals surface area contributed by atoms with Crippen LogP contribution in [-0.2, 0) is 14.8 Å². The number of carbonyl (C=O) groups is 1. The van der Waals surface area contributed by atoms with Crippen LogP contribution in [0.2, 0.25) is 0 Å². The van der Waals surface area contributed by atoms with Gasteiger partial charge in [0.05, 0.1) is 10.8 Å². The average Bonchev–Trinajstić information content (AvgIpc) is 2.93. The van der Waals surface area contributed by atoms with E-state index in [9.17, 15) is 13.2 Å². The molecule has 0 radical (unpaired) electrons. The van der Waals surface area contributed by atoms with Gasteiger partial charge >= 0.3 is 0 Å². The van der Waals surface area contributed by atoms with E-state index < -0.39 is 15.6 Å². The topological polar surface area (TPSA) is 83.7 Å². The molecule has 6 nitrogen and oxygen atoms in total. The summed E-state index contributed by atoms with van der Waals surface area (Å²) in [6.45, 7) is 7.29. The molecule has 3 rings (SSSR count). The van der Waals surface area contributed by atoms with Gasteiger partial charge in [0.1, 0.15) is 0 Å². The normalized spacial score (nSPS) is 27.3. The number of nitrogens with two attached hydrogens (primary N) is 1. The van der Waals surface area contributed by atoms with Crippen LogP contribution in [0.1, 0.15) is 42.4 Å². The Bertz CT molecular complexity index is 784. The first-order valence-electron chi connectivity index (χ1n) is 9.28. The molecule has 0 spiro atoms. The van der Waals surface area contributed by atoms with Gasteiger partial charge in [-0.1, -0.05) is 12.8 Å². The number of thiophene rings is 1. The molecule has 2 fully saturated rings. The molecule has 1 aliphatic heterocycles. The summed E-state index contributed by atoms with van der Waals surface area (Å²) < 4.78 is 27.3. The van der Waals surface area contributed by atoms with E-state index >= 15 is 0 Å². The monoisotopic (exact) mass is 435 g/mol. The van der Waals surface area contributed by atoms with Crippen LogP contribution in [0.15, 0.2) is 11.0 Å². The number of nitrogens with zero attached hydrogens (tertiary/aromatic N) is 2. The fourth-order valence-corrected chi connectivity index (χ4v) is 7.08. The number of aryl methyl sites for hydroxylation is 2. The molecule has 2 aliphatic rings. The van der Waals surface area contributed by atoms with E-state index in [0.29, 0.717) is 31.1 Å². The molecule has 9 heteroatoms. The predicted octanol–water partition coefficient (Wildman–Crippen LogP) is 2.53. The molecule has 154 valence electrons. The van der Waals surface area contributed by atoms with E-state index in [0.717, 1.165) is 35.4 Å². The summed E-state index contributed by atoms with van der Waals surface area (Å²) in [5, 5.41) is 0. The smallest absolute Gasteiger partial charge is 0.244 e. The van der Waals surface area contributed by atoms with E-state index in [-0.39, 0.29) is 24.2 Å². The lowest BCUT2D eigenvalue weighted by molar-refractivity contribution is -0.140. The summed E-state index contributed by atoms with van der Waals surface area (Å²) in [7, 11) is -3.49. The minimum atomic E-state index is -3.49. The van der Waals surface area contributed by atoms with Crippen molar-refractivity contribution in [2.24, 2.45) is 11.7 Å². The van der Waals surface area contributed by atoms with Crippen molar-refractivity contribution in [1.29, 1.82) is 0 Å². The van der Waals surface area contributed by atoms with Gasteiger partial charge in [0.25, 0.3) is 0 Å². The van der Waals surface area contributed by atoms with Crippen molar-refractivity contribution in [3.05, 3.63) is 15.8 Å². The zero-order valence-corrected chi connectivity index (χ0v) is 18.7. The Morgan fingerprint density at radius 3 is 2.37 bits per heavy atom. The number of rotatable bonds is 3. The summed E-state index contributed by atoms with van der Waals surface area (Å²) in [4.78, 5) is 17.0. The lowest BCUT2D eigenvalue weighted by Crippen LogP contribution is -2.57. The highest BCUT2D eigenvalue weighted by Gasteiger charge is 2.41. The van der Waals surface area contributed by atoms with Crippen molar-refractivity contribution >= 4 is 39.7 Å². The van der Waals surface area contributed by atoms with E-state index in [1.54, 1.807) is 11.0 Å². The molecule has 2 heterocycles. The Kier molecular flexibility index (Phi) is 7.01. The lowest BCUT2D eigenvalue weighted by atomic mass is 9.74.